The Kier molecular flexibility index (Phi) is 5.86. The highest BCUT2D eigenvalue weighted by molar-refractivity contribution is 7.27. The van der Waals surface area contributed by atoms with Crippen LogP contribution < -0.4 is 0 Å². The Bertz CT molecular complexity index is 3340. The molecule has 0 saturated heterocycles. The van der Waals surface area contributed by atoms with E-state index < -0.39 is 0 Å². The fourth-order valence-electron chi connectivity index (χ4n) is 8.56. The number of halogens is 1. The van der Waals surface area contributed by atoms with E-state index >= 15 is 0 Å². The molecule has 1 aliphatic rings. The summed E-state index contributed by atoms with van der Waals surface area (Å²) in [6.45, 7) is 0. The van der Waals surface area contributed by atoms with E-state index in [2.05, 4.69) is 126 Å². The molecule has 0 aliphatic heterocycles. The van der Waals surface area contributed by atoms with E-state index in [0.29, 0.717) is 0 Å². The molecule has 240 valence electrons. The van der Waals surface area contributed by atoms with Crippen LogP contribution in [0.2, 0.25) is 5.28 Å². The number of fused-ring (bicyclic) bond motifs is 16. The number of hydrogen-bond acceptors (Lipinski definition) is 5. The van der Waals surface area contributed by atoms with Crippen molar-refractivity contribution in [1.29, 1.82) is 0 Å². The Labute approximate surface area is 308 Å². The van der Waals surface area contributed by atoms with Gasteiger partial charge in [-0.25, -0.2) is 9.97 Å². The van der Waals surface area contributed by atoms with Gasteiger partial charge in [0.25, 0.3) is 0 Å². The molecule has 1 aliphatic carbocycles. The maximum absolute atomic E-state index is 6.77. The van der Waals surface area contributed by atoms with Crippen LogP contribution in [-0.4, -0.2) is 14.5 Å². The Balaban J connectivity index is 1.29. The lowest BCUT2D eigenvalue weighted by atomic mass is 9.96. The molecule has 3 nitrogen and oxygen atoms in total. The standard InChI is InChI=1S/C44H24ClN3S3/c45-44-46-39(37-29-16-6-10-20-35(29)51-43(37)47-44)31-22-23(21-30-24-11-4-8-18-33(24)49-41(30)31)48-32-17-7-3-14-27(32)38-40(48)26-13-2-1-12-25(26)36-28-15-5-9-19-34(28)50-42(36)38/h1-2,4-13,15-22H,3,14H2. The summed E-state index contributed by atoms with van der Waals surface area (Å²) in [6, 6.07) is 40.0. The van der Waals surface area contributed by atoms with Crippen LogP contribution in [0.5, 0.6) is 0 Å². The molecule has 0 radical (unpaired) electrons. The average Bonchev–Trinajstić information content (AvgIpc) is 3.93. The minimum absolute atomic E-state index is 0.272. The van der Waals surface area contributed by atoms with Gasteiger partial charge in [0.15, 0.2) is 0 Å². The van der Waals surface area contributed by atoms with Crippen molar-refractivity contribution in [2.24, 2.45) is 0 Å². The van der Waals surface area contributed by atoms with Crippen LogP contribution in [-0.2, 0) is 6.42 Å². The van der Waals surface area contributed by atoms with Crippen molar-refractivity contribution in [2.45, 2.75) is 12.8 Å². The number of rotatable bonds is 2. The number of nitrogens with zero attached hydrogens (tertiary/aromatic N) is 3. The summed E-state index contributed by atoms with van der Waals surface area (Å²) in [6.07, 6.45) is 6.74. The maximum Gasteiger partial charge on any atom is 0.224 e. The monoisotopic (exact) mass is 725 g/mol. The van der Waals surface area contributed by atoms with Crippen molar-refractivity contribution in [1.82, 2.24) is 14.5 Å². The number of hydrogen-bond donors (Lipinski definition) is 0. The van der Waals surface area contributed by atoms with Crippen LogP contribution >= 0.6 is 45.6 Å². The highest BCUT2D eigenvalue weighted by Crippen LogP contribution is 2.50. The highest BCUT2D eigenvalue weighted by atomic mass is 35.5. The third-order valence-electron chi connectivity index (χ3n) is 10.6. The second-order valence-electron chi connectivity index (χ2n) is 13.3. The van der Waals surface area contributed by atoms with Gasteiger partial charge in [-0.1, -0.05) is 84.9 Å². The van der Waals surface area contributed by atoms with E-state index in [1.165, 1.54) is 78.0 Å². The first-order valence-electron chi connectivity index (χ1n) is 17.1. The zero-order valence-electron chi connectivity index (χ0n) is 26.9. The average molecular weight is 726 g/mol. The number of thiophene rings is 3. The predicted octanol–water partition coefficient (Wildman–Crippen LogP) is 14.0. The van der Waals surface area contributed by atoms with Crippen LogP contribution in [0.25, 0.3) is 105 Å². The number of aromatic nitrogens is 3. The summed E-state index contributed by atoms with van der Waals surface area (Å²) in [5, 5.41) is 11.7. The Morgan fingerprint density at radius 1 is 0.588 bits per heavy atom. The molecule has 0 unspecified atom stereocenters. The van der Waals surface area contributed by atoms with Crippen LogP contribution in [0.1, 0.15) is 17.7 Å². The van der Waals surface area contributed by atoms with Crippen LogP contribution in [0, 0.1) is 0 Å². The molecule has 0 amide bonds. The van der Waals surface area contributed by atoms with Crippen molar-refractivity contribution in [3.8, 4) is 16.9 Å². The minimum Gasteiger partial charge on any atom is -0.309 e. The number of aryl methyl sites for hydroxylation is 1. The third kappa shape index (κ3) is 3.88. The number of allylic oxidation sites excluding steroid dienone is 1. The first kappa shape index (κ1) is 28.6. The molecular formula is C44H24ClN3S3. The fourth-order valence-corrected chi connectivity index (χ4v) is 12.3. The SMILES string of the molecule is Clc1nc(-c2cc(-n3c4c(c5c6sc7ccccc7c6c6ccccc6c53)CCC=C4)cc3c2sc2ccccc23)c2c(n1)sc1ccccc12. The molecule has 6 aromatic carbocycles. The second kappa shape index (κ2) is 10.5. The lowest BCUT2D eigenvalue weighted by Gasteiger charge is -2.16. The summed E-state index contributed by atoms with van der Waals surface area (Å²) < 4.78 is 8.92. The highest BCUT2D eigenvalue weighted by Gasteiger charge is 2.27. The maximum atomic E-state index is 6.77. The van der Waals surface area contributed by atoms with Crippen molar-refractivity contribution >= 4 is 134 Å². The van der Waals surface area contributed by atoms with Gasteiger partial charge in [0.05, 0.1) is 11.2 Å². The first-order chi connectivity index (χ1) is 25.2. The zero-order chi connectivity index (χ0) is 33.4. The molecule has 12 rings (SSSR count). The molecule has 0 saturated carbocycles. The summed E-state index contributed by atoms with van der Waals surface area (Å²) in [5.41, 5.74) is 7.08. The second-order valence-corrected chi connectivity index (χ2v) is 16.8. The van der Waals surface area contributed by atoms with Gasteiger partial charge in [0.1, 0.15) is 4.83 Å². The first-order valence-corrected chi connectivity index (χ1v) is 19.9. The molecule has 7 heteroatoms. The van der Waals surface area contributed by atoms with E-state index in [-0.39, 0.29) is 5.28 Å². The van der Waals surface area contributed by atoms with Gasteiger partial charge in [-0.05, 0) is 71.8 Å². The van der Waals surface area contributed by atoms with Crippen LogP contribution in [0.3, 0.4) is 0 Å². The van der Waals surface area contributed by atoms with Gasteiger partial charge >= 0.3 is 0 Å². The van der Waals surface area contributed by atoms with E-state index in [0.717, 1.165) is 45.4 Å². The van der Waals surface area contributed by atoms with Gasteiger partial charge in [0, 0.05) is 83.5 Å². The summed E-state index contributed by atoms with van der Waals surface area (Å²) in [4.78, 5) is 10.7. The Hall–Kier alpha value is -5.11. The zero-order valence-corrected chi connectivity index (χ0v) is 30.1. The van der Waals surface area contributed by atoms with Gasteiger partial charge in [0.2, 0.25) is 5.28 Å². The molecular weight excluding hydrogens is 702 g/mol. The molecule has 51 heavy (non-hydrogen) atoms. The largest absolute Gasteiger partial charge is 0.309 e. The van der Waals surface area contributed by atoms with Crippen LogP contribution in [0.15, 0.2) is 115 Å². The normalized spacial score (nSPS) is 13.4. The van der Waals surface area contributed by atoms with Crippen molar-refractivity contribution < 1.29 is 0 Å². The summed E-state index contributed by atoms with van der Waals surface area (Å²) in [7, 11) is 0. The molecule has 0 bridgehead atoms. The molecule has 0 fully saturated rings. The van der Waals surface area contributed by atoms with E-state index in [1.807, 2.05) is 22.7 Å². The summed E-state index contributed by atoms with van der Waals surface area (Å²) in [5.74, 6) is 0. The topological polar surface area (TPSA) is 30.7 Å². The predicted molar refractivity (Wildman–Crippen MR) is 223 cm³/mol. The lowest BCUT2D eigenvalue weighted by Crippen LogP contribution is -2.01. The van der Waals surface area contributed by atoms with Gasteiger partial charge in [-0.15, -0.1) is 34.0 Å². The van der Waals surface area contributed by atoms with Crippen molar-refractivity contribution in [3.63, 3.8) is 0 Å². The van der Waals surface area contributed by atoms with Gasteiger partial charge in [-0.3, -0.25) is 0 Å². The molecule has 0 spiro atoms. The molecule has 0 atom stereocenters. The molecule has 0 N–H and O–H groups in total. The number of benzene rings is 6. The summed E-state index contributed by atoms with van der Waals surface area (Å²) >= 11 is 12.2. The smallest absolute Gasteiger partial charge is 0.224 e. The quantitative estimate of drug-likeness (QED) is 0.166. The Morgan fingerprint density at radius 2 is 1.24 bits per heavy atom. The van der Waals surface area contributed by atoms with Gasteiger partial charge < -0.3 is 4.57 Å². The van der Waals surface area contributed by atoms with Crippen molar-refractivity contribution in [2.75, 3.05) is 0 Å². The third-order valence-corrected chi connectivity index (χ3v) is 14.3. The Morgan fingerprint density at radius 3 is 2.04 bits per heavy atom. The van der Waals surface area contributed by atoms with Gasteiger partial charge in [-0.2, -0.15) is 0 Å². The van der Waals surface area contributed by atoms with E-state index in [4.69, 9.17) is 21.6 Å². The van der Waals surface area contributed by atoms with E-state index in [1.54, 1.807) is 11.3 Å². The van der Waals surface area contributed by atoms with Crippen LogP contribution in [0.4, 0.5) is 0 Å². The van der Waals surface area contributed by atoms with E-state index in [9.17, 15) is 0 Å². The molecule has 11 aromatic rings. The molecule has 5 heterocycles. The molecule has 5 aromatic heterocycles. The van der Waals surface area contributed by atoms with Crippen molar-refractivity contribution in [3.05, 3.63) is 132 Å². The lowest BCUT2D eigenvalue weighted by molar-refractivity contribution is 0.969. The minimum atomic E-state index is 0.272. The fraction of sp³-hybridized carbons (Fsp3) is 0.0455.